The third-order valence-corrected chi connectivity index (χ3v) is 3.65. The summed E-state index contributed by atoms with van der Waals surface area (Å²) in [6.07, 6.45) is 1.68. The van der Waals surface area contributed by atoms with Crippen LogP contribution in [-0.4, -0.2) is 24.8 Å². The minimum atomic E-state index is -0.901. The summed E-state index contributed by atoms with van der Waals surface area (Å²) in [6, 6.07) is 2.47. The van der Waals surface area contributed by atoms with Gasteiger partial charge in [0.1, 0.15) is 18.0 Å². The van der Waals surface area contributed by atoms with E-state index in [1.54, 1.807) is 26.8 Å². The van der Waals surface area contributed by atoms with Gasteiger partial charge in [-0.2, -0.15) is 0 Å². The molecule has 0 saturated heterocycles. The molecule has 1 fully saturated rings. The molecule has 4 nitrogen and oxygen atoms in total. The lowest BCUT2D eigenvalue weighted by molar-refractivity contribution is 0.0525. The van der Waals surface area contributed by atoms with Crippen molar-refractivity contribution in [2.45, 2.75) is 38.7 Å². The van der Waals surface area contributed by atoms with Gasteiger partial charge in [0, 0.05) is 12.1 Å². The molecule has 0 heterocycles. The standard InChI is InChI=1S/C18H23F2NO3/c1-5-8-23-14-7-6-13(19)16(20)15(14)12-9-11(12)10-21-17(22)24-18(2,3)4/h5-7,11-12H,1,8-10H2,2-4H3,(H,21,22). The van der Waals surface area contributed by atoms with Gasteiger partial charge in [-0.3, -0.25) is 0 Å². The van der Waals surface area contributed by atoms with Crippen LogP contribution in [0.2, 0.25) is 0 Å². The fourth-order valence-corrected chi connectivity index (χ4v) is 2.52. The Morgan fingerprint density at radius 3 is 2.75 bits per heavy atom. The molecule has 132 valence electrons. The molecule has 1 N–H and O–H groups in total. The van der Waals surface area contributed by atoms with Crippen LogP contribution in [0.1, 0.15) is 38.7 Å². The predicted molar refractivity (Wildman–Crippen MR) is 87.1 cm³/mol. The predicted octanol–water partition coefficient (Wildman–Crippen LogP) is 4.16. The van der Waals surface area contributed by atoms with Gasteiger partial charge in [0.25, 0.3) is 0 Å². The molecule has 6 heteroatoms. The normalized spacial score (nSPS) is 19.5. The monoisotopic (exact) mass is 339 g/mol. The van der Waals surface area contributed by atoms with Crippen molar-refractivity contribution in [3.8, 4) is 5.75 Å². The highest BCUT2D eigenvalue weighted by atomic mass is 19.2. The number of alkyl carbamates (subject to hydrolysis) is 1. The first kappa shape index (κ1) is 18.2. The van der Waals surface area contributed by atoms with E-state index in [-0.39, 0.29) is 24.0 Å². The molecule has 1 aliphatic rings. The molecule has 0 aromatic heterocycles. The van der Waals surface area contributed by atoms with E-state index in [1.807, 2.05) is 0 Å². The molecule has 0 spiro atoms. The second-order valence-electron chi connectivity index (χ2n) is 6.86. The summed E-state index contributed by atoms with van der Waals surface area (Å²) in [4.78, 5) is 11.7. The van der Waals surface area contributed by atoms with Crippen molar-refractivity contribution in [3.63, 3.8) is 0 Å². The third-order valence-electron chi connectivity index (χ3n) is 3.65. The van der Waals surface area contributed by atoms with Crippen LogP contribution >= 0.6 is 0 Å². The van der Waals surface area contributed by atoms with Gasteiger partial charge in [-0.15, -0.1) is 0 Å². The molecule has 1 aromatic rings. The highest BCUT2D eigenvalue weighted by molar-refractivity contribution is 5.67. The lowest BCUT2D eigenvalue weighted by atomic mass is 10.1. The SMILES string of the molecule is C=CCOc1ccc(F)c(F)c1C1CC1CNC(=O)OC(C)(C)C. The van der Waals surface area contributed by atoms with Crippen LogP contribution in [0, 0.1) is 17.6 Å². The largest absolute Gasteiger partial charge is 0.489 e. The first-order valence-corrected chi connectivity index (χ1v) is 7.91. The molecular formula is C18H23F2NO3. The van der Waals surface area contributed by atoms with Crippen molar-refractivity contribution >= 4 is 6.09 Å². The van der Waals surface area contributed by atoms with Crippen LogP contribution in [0.15, 0.2) is 24.8 Å². The molecule has 2 atom stereocenters. The van der Waals surface area contributed by atoms with E-state index in [9.17, 15) is 13.6 Å². The molecule has 2 rings (SSSR count). The number of carbonyl (C=O) groups excluding carboxylic acids is 1. The summed E-state index contributed by atoms with van der Waals surface area (Å²) in [5.41, 5.74) is -0.347. The number of hydrogen-bond donors (Lipinski definition) is 1. The van der Waals surface area contributed by atoms with Crippen molar-refractivity contribution < 1.29 is 23.0 Å². The summed E-state index contributed by atoms with van der Waals surface area (Å²) >= 11 is 0. The molecule has 24 heavy (non-hydrogen) atoms. The Labute approximate surface area is 140 Å². The lowest BCUT2D eigenvalue weighted by Gasteiger charge is -2.19. The number of nitrogens with one attached hydrogen (secondary N) is 1. The van der Waals surface area contributed by atoms with Crippen molar-refractivity contribution in [2.75, 3.05) is 13.2 Å². The zero-order valence-electron chi connectivity index (χ0n) is 14.2. The topological polar surface area (TPSA) is 47.6 Å². The van der Waals surface area contributed by atoms with Crippen molar-refractivity contribution in [1.29, 1.82) is 0 Å². The minimum absolute atomic E-state index is 0.0277. The number of hydrogen-bond acceptors (Lipinski definition) is 3. The molecule has 1 aliphatic carbocycles. The molecule has 1 amide bonds. The summed E-state index contributed by atoms with van der Waals surface area (Å²) < 4.78 is 38.3. The summed E-state index contributed by atoms with van der Waals surface area (Å²) in [7, 11) is 0. The summed E-state index contributed by atoms with van der Waals surface area (Å²) in [6.45, 7) is 9.43. The van der Waals surface area contributed by atoms with Crippen LogP contribution in [0.5, 0.6) is 5.75 Å². The van der Waals surface area contributed by atoms with Gasteiger partial charge in [0.15, 0.2) is 11.6 Å². The fraction of sp³-hybridized carbons (Fsp3) is 0.500. The van der Waals surface area contributed by atoms with Crippen molar-refractivity contribution in [3.05, 3.63) is 42.0 Å². The zero-order chi connectivity index (χ0) is 17.9. The van der Waals surface area contributed by atoms with Gasteiger partial charge < -0.3 is 14.8 Å². The fourth-order valence-electron chi connectivity index (χ4n) is 2.52. The van der Waals surface area contributed by atoms with Gasteiger partial charge in [-0.1, -0.05) is 12.7 Å². The average molecular weight is 339 g/mol. The van der Waals surface area contributed by atoms with Crippen molar-refractivity contribution in [2.24, 2.45) is 5.92 Å². The maximum atomic E-state index is 14.2. The maximum Gasteiger partial charge on any atom is 0.407 e. The Kier molecular flexibility index (Phi) is 5.47. The molecule has 0 aliphatic heterocycles. The summed E-state index contributed by atoms with van der Waals surface area (Å²) in [5.74, 6) is -1.63. The van der Waals surface area contributed by atoms with Crippen molar-refractivity contribution in [1.82, 2.24) is 5.32 Å². The lowest BCUT2D eigenvalue weighted by Crippen LogP contribution is -2.33. The highest BCUT2D eigenvalue weighted by Gasteiger charge is 2.42. The smallest absolute Gasteiger partial charge is 0.407 e. The van der Waals surface area contributed by atoms with Gasteiger partial charge in [-0.25, -0.2) is 13.6 Å². The van der Waals surface area contributed by atoms with Crippen LogP contribution in [0.25, 0.3) is 0 Å². The van der Waals surface area contributed by atoms with Crippen LogP contribution in [0.4, 0.5) is 13.6 Å². The number of ether oxygens (including phenoxy) is 2. The van der Waals surface area contributed by atoms with Gasteiger partial charge in [-0.05, 0) is 51.2 Å². The minimum Gasteiger partial charge on any atom is -0.489 e. The zero-order valence-corrected chi connectivity index (χ0v) is 14.2. The average Bonchev–Trinajstić information content (AvgIpc) is 3.24. The van der Waals surface area contributed by atoms with Crippen LogP contribution < -0.4 is 10.1 Å². The molecular weight excluding hydrogens is 316 g/mol. The first-order valence-electron chi connectivity index (χ1n) is 7.91. The van der Waals surface area contributed by atoms with E-state index >= 15 is 0 Å². The molecule has 2 unspecified atom stereocenters. The Bertz CT molecular complexity index is 625. The maximum absolute atomic E-state index is 14.2. The second kappa shape index (κ2) is 7.20. The number of halogens is 2. The number of benzene rings is 1. The van der Waals surface area contributed by atoms with E-state index in [2.05, 4.69) is 11.9 Å². The Balaban J connectivity index is 2.00. The quantitative estimate of drug-likeness (QED) is 0.792. The van der Waals surface area contributed by atoms with Crippen LogP contribution in [-0.2, 0) is 4.74 Å². The Hall–Kier alpha value is -2.11. The number of rotatable bonds is 6. The van der Waals surface area contributed by atoms with E-state index in [0.717, 1.165) is 6.07 Å². The molecule has 1 aromatic carbocycles. The summed E-state index contributed by atoms with van der Waals surface area (Å²) in [5, 5.41) is 2.66. The van der Waals surface area contributed by atoms with E-state index < -0.39 is 23.3 Å². The van der Waals surface area contributed by atoms with Gasteiger partial charge in [0.2, 0.25) is 0 Å². The highest BCUT2D eigenvalue weighted by Crippen LogP contribution is 2.51. The van der Waals surface area contributed by atoms with E-state index in [1.165, 1.54) is 6.07 Å². The first-order chi connectivity index (χ1) is 11.2. The van der Waals surface area contributed by atoms with E-state index in [0.29, 0.717) is 18.7 Å². The molecule has 0 radical (unpaired) electrons. The number of amides is 1. The molecule has 0 bridgehead atoms. The Morgan fingerprint density at radius 1 is 1.42 bits per heavy atom. The molecule has 1 saturated carbocycles. The Morgan fingerprint density at radius 2 is 2.12 bits per heavy atom. The van der Waals surface area contributed by atoms with Gasteiger partial charge in [0.05, 0.1) is 0 Å². The van der Waals surface area contributed by atoms with Crippen LogP contribution in [0.3, 0.4) is 0 Å². The van der Waals surface area contributed by atoms with E-state index in [4.69, 9.17) is 9.47 Å². The second-order valence-corrected chi connectivity index (χ2v) is 6.86. The third kappa shape index (κ3) is 4.69. The van der Waals surface area contributed by atoms with Gasteiger partial charge >= 0.3 is 6.09 Å². The number of carbonyl (C=O) groups is 1.